The van der Waals surface area contributed by atoms with Gasteiger partial charge >= 0.3 is 29.6 Å². The number of phenols is 1. The van der Waals surface area contributed by atoms with Gasteiger partial charge in [0, 0.05) is 0 Å². The number of benzene rings is 2. The Hall–Kier alpha value is -1.45. The first-order chi connectivity index (χ1) is 11.5. The Morgan fingerprint density at radius 2 is 1.64 bits per heavy atom. The second kappa shape index (κ2) is 8.29. The van der Waals surface area contributed by atoms with Crippen molar-refractivity contribution in [3.63, 3.8) is 0 Å². The Morgan fingerprint density at radius 1 is 1.00 bits per heavy atom. The van der Waals surface area contributed by atoms with Gasteiger partial charge in [-0.2, -0.15) is 15.4 Å². The number of phenolic OH excluding ortho intramolecular Hbond substituents is 1. The molecule has 0 aliphatic carbocycles. The fourth-order valence-corrected chi connectivity index (χ4v) is 3.63. The molecule has 0 amide bonds. The molecule has 2 aromatic carbocycles. The van der Waals surface area contributed by atoms with E-state index in [0.29, 0.717) is 18.4 Å². The molecule has 7 nitrogen and oxygen atoms in total. The van der Waals surface area contributed by atoms with Crippen LogP contribution in [0.3, 0.4) is 0 Å². The van der Waals surface area contributed by atoms with Crippen LogP contribution in [0, 0.1) is 0 Å². The van der Waals surface area contributed by atoms with E-state index in [1.807, 2.05) is 18.2 Å². The predicted octanol–water partition coefficient (Wildman–Crippen LogP) is -0.863. The Bertz CT molecular complexity index is 972. The summed E-state index contributed by atoms with van der Waals surface area (Å²) in [7, 11) is -4.70. The number of fused-ring (bicyclic) bond motifs is 1. The van der Waals surface area contributed by atoms with Crippen molar-refractivity contribution in [1.29, 1.82) is 0 Å². The van der Waals surface area contributed by atoms with Crippen LogP contribution < -0.4 is 29.6 Å². The second-order valence-electron chi connectivity index (χ2n) is 5.54. The van der Waals surface area contributed by atoms with E-state index in [-0.39, 0.29) is 29.6 Å². The summed E-state index contributed by atoms with van der Waals surface area (Å²) in [6.45, 7) is 0. The molecule has 2 N–H and O–H groups in total. The maximum Gasteiger partial charge on any atom is 1.00 e. The Labute approximate surface area is 167 Å². The smallest absolute Gasteiger partial charge is 0.744 e. The summed E-state index contributed by atoms with van der Waals surface area (Å²) in [6.07, 6.45) is 2.64. The number of nitrogens with zero attached hydrogens (tertiary/aromatic N) is 2. The van der Waals surface area contributed by atoms with Crippen LogP contribution in [0.25, 0.3) is 11.0 Å². The molecule has 1 aromatic heterocycles. The van der Waals surface area contributed by atoms with Crippen molar-refractivity contribution in [2.24, 2.45) is 0 Å². The maximum atomic E-state index is 11.3. The van der Waals surface area contributed by atoms with Gasteiger partial charge in [-0.25, -0.2) is 8.42 Å². The summed E-state index contributed by atoms with van der Waals surface area (Å²) in [5.41, 5.74) is 3.05. The molecular weight excluding hydrogens is 353 g/mol. The topological polar surface area (TPSA) is 119 Å². The second-order valence-corrected chi connectivity index (χ2v) is 6.85. The van der Waals surface area contributed by atoms with E-state index in [9.17, 15) is 18.1 Å². The number of nitrogens with one attached hydrogen (secondary N) is 1. The molecule has 1 heterocycles. The van der Waals surface area contributed by atoms with Crippen LogP contribution in [0.5, 0.6) is 5.75 Å². The Kier molecular flexibility index (Phi) is 6.59. The molecular formula is C16H16N3NaO4S. The molecule has 0 fully saturated rings. The SMILES string of the molecule is O=S(=O)([O-])c1c(O)cccc1CCCCc1cccc2n[nH]nc12.[Na+]. The van der Waals surface area contributed by atoms with Crippen LogP contribution in [0.1, 0.15) is 24.0 Å². The minimum Gasteiger partial charge on any atom is -0.744 e. The van der Waals surface area contributed by atoms with Gasteiger partial charge in [-0.1, -0.05) is 24.3 Å². The first-order valence-electron chi connectivity index (χ1n) is 7.52. The standard InChI is InChI=1S/C16H17N3O4S.Na/c20-14-10-4-8-12(16(14)24(21,22)23)6-2-1-5-11-7-3-9-13-15(11)18-19-17-13;/h3-4,7-10,20H,1-2,5-6H2,(H,17,18,19)(H,21,22,23);/q;+1/p-1. The van der Waals surface area contributed by atoms with E-state index in [2.05, 4.69) is 15.4 Å². The zero-order valence-corrected chi connectivity index (χ0v) is 16.6. The number of hydrogen-bond donors (Lipinski definition) is 2. The molecule has 9 heteroatoms. The van der Waals surface area contributed by atoms with Gasteiger partial charge < -0.3 is 9.66 Å². The average Bonchev–Trinajstić information content (AvgIpc) is 2.99. The summed E-state index contributed by atoms with van der Waals surface area (Å²) < 4.78 is 33.9. The van der Waals surface area contributed by atoms with Crippen LogP contribution in [0.15, 0.2) is 41.3 Å². The summed E-state index contributed by atoms with van der Waals surface area (Å²) in [4.78, 5) is -0.511. The van der Waals surface area contributed by atoms with Crippen LogP contribution in [-0.2, 0) is 23.0 Å². The molecule has 0 aliphatic heterocycles. The van der Waals surface area contributed by atoms with Crippen molar-refractivity contribution in [2.75, 3.05) is 0 Å². The number of para-hydroxylation sites is 1. The molecule has 0 saturated heterocycles. The third kappa shape index (κ3) is 4.59. The first kappa shape index (κ1) is 19.9. The molecule has 0 radical (unpaired) electrons. The third-order valence-corrected chi connectivity index (χ3v) is 4.87. The number of unbranched alkanes of at least 4 members (excludes halogenated alkanes) is 1. The molecule has 126 valence electrons. The van der Waals surface area contributed by atoms with Crippen molar-refractivity contribution in [2.45, 2.75) is 30.6 Å². The number of aromatic amines is 1. The number of rotatable bonds is 6. The van der Waals surface area contributed by atoms with Crippen LogP contribution >= 0.6 is 0 Å². The van der Waals surface area contributed by atoms with Crippen LogP contribution in [0.2, 0.25) is 0 Å². The normalized spacial score (nSPS) is 11.4. The van der Waals surface area contributed by atoms with Crippen molar-refractivity contribution in [3.05, 3.63) is 47.5 Å². The van der Waals surface area contributed by atoms with E-state index >= 15 is 0 Å². The number of aryl methyl sites for hydroxylation is 2. The molecule has 0 aliphatic rings. The first-order valence-corrected chi connectivity index (χ1v) is 8.93. The van der Waals surface area contributed by atoms with Crippen molar-refractivity contribution in [1.82, 2.24) is 15.4 Å². The van der Waals surface area contributed by atoms with Crippen molar-refractivity contribution in [3.8, 4) is 5.75 Å². The molecule has 0 atom stereocenters. The summed E-state index contributed by atoms with van der Waals surface area (Å²) in [5.74, 6) is -0.491. The van der Waals surface area contributed by atoms with Crippen molar-refractivity contribution < 1.29 is 47.6 Å². The fourth-order valence-electron chi connectivity index (χ4n) is 2.82. The summed E-state index contributed by atoms with van der Waals surface area (Å²) in [6, 6.07) is 10.1. The van der Waals surface area contributed by atoms with Gasteiger partial charge in [0.1, 0.15) is 26.9 Å². The van der Waals surface area contributed by atoms with Crippen LogP contribution in [0.4, 0.5) is 0 Å². The minimum absolute atomic E-state index is 0. The molecule has 0 saturated carbocycles. The molecule has 25 heavy (non-hydrogen) atoms. The Balaban J connectivity index is 0.00000225. The van der Waals surface area contributed by atoms with E-state index in [1.165, 1.54) is 12.1 Å². The van der Waals surface area contributed by atoms with Gasteiger partial charge in [-0.15, -0.1) is 0 Å². The number of H-pyrrole nitrogens is 1. The van der Waals surface area contributed by atoms with E-state index in [4.69, 9.17) is 0 Å². The average molecular weight is 369 g/mol. The predicted molar refractivity (Wildman–Crippen MR) is 86.6 cm³/mol. The van der Waals surface area contributed by atoms with E-state index in [1.54, 1.807) is 6.07 Å². The molecule has 0 bridgehead atoms. The summed E-state index contributed by atoms with van der Waals surface area (Å²) in [5, 5.41) is 20.4. The maximum absolute atomic E-state index is 11.3. The van der Waals surface area contributed by atoms with Crippen LogP contribution in [-0.4, -0.2) is 33.5 Å². The van der Waals surface area contributed by atoms with Gasteiger partial charge in [0.15, 0.2) is 0 Å². The fraction of sp³-hybridized carbons (Fsp3) is 0.250. The minimum atomic E-state index is -4.70. The van der Waals surface area contributed by atoms with E-state index < -0.39 is 20.8 Å². The molecule has 3 rings (SSSR count). The van der Waals surface area contributed by atoms with Gasteiger partial charge in [-0.05, 0) is 48.9 Å². The van der Waals surface area contributed by atoms with Crippen molar-refractivity contribution >= 4 is 21.2 Å². The van der Waals surface area contributed by atoms with E-state index in [0.717, 1.165) is 29.4 Å². The van der Waals surface area contributed by atoms with Gasteiger partial charge in [0.25, 0.3) is 0 Å². The molecule has 3 aromatic rings. The zero-order chi connectivity index (χ0) is 17.2. The molecule has 0 spiro atoms. The zero-order valence-electron chi connectivity index (χ0n) is 13.8. The Morgan fingerprint density at radius 3 is 2.36 bits per heavy atom. The third-order valence-electron chi connectivity index (χ3n) is 3.90. The van der Waals surface area contributed by atoms with Gasteiger partial charge in [0.05, 0.1) is 4.90 Å². The molecule has 0 unspecified atom stereocenters. The summed E-state index contributed by atoms with van der Waals surface area (Å²) >= 11 is 0. The largest absolute Gasteiger partial charge is 1.00 e. The number of aromatic nitrogens is 3. The number of hydrogen-bond acceptors (Lipinski definition) is 6. The number of aromatic hydroxyl groups is 1. The monoisotopic (exact) mass is 369 g/mol. The van der Waals surface area contributed by atoms with Gasteiger partial charge in [0.2, 0.25) is 0 Å². The van der Waals surface area contributed by atoms with Gasteiger partial charge in [-0.3, -0.25) is 0 Å². The quantitative estimate of drug-likeness (QED) is 0.331.